The fraction of sp³-hybridized carbons (Fsp3) is 0.500. The minimum atomic E-state index is -0.983. The van der Waals surface area contributed by atoms with E-state index in [9.17, 15) is 14.7 Å². The lowest BCUT2D eigenvalue weighted by Gasteiger charge is -2.39. The molecule has 5 nitrogen and oxygen atoms in total. The zero-order valence-corrected chi connectivity index (χ0v) is 12.6. The average Bonchev–Trinajstić information content (AvgIpc) is 2.48. The van der Waals surface area contributed by atoms with E-state index in [1.54, 1.807) is 24.3 Å². The fourth-order valence-corrected chi connectivity index (χ4v) is 2.77. The third kappa shape index (κ3) is 3.61. The molecule has 2 rings (SSSR count). The fourth-order valence-electron chi connectivity index (χ4n) is 2.77. The van der Waals surface area contributed by atoms with Crippen LogP contribution in [0, 0.1) is 0 Å². The Hall–Kier alpha value is -1.88. The van der Waals surface area contributed by atoms with Gasteiger partial charge in [0.25, 0.3) is 0 Å². The van der Waals surface area contributed by atoms with Crippen LogP contribution in [0.15, 0.2) is 24.3 Å². The van der Waals surface area contributed by atoms with Crippen LogP contribution in [-0.2, 0) is 11.2 Å². The van der Waals surface area contributed by atoms with Crippen molar-refractivity contribution < 1.29 is 14.7 Å². The molecule has 0 spiro atoms. The van der Waals surface area contributed by atoms with Crippen LogP contribution >= 0.6 is 0 Å². The van der Waals surface area contributed by atoms with Gasteiger partial charge in [-0.25, -0.2) is 4.79 Å². The van der Waals surface area contributed by atoms with Crippen molar-refractivity contribution in [2.45, 2.75) is 25.8 Å². The zero-order chi connectivity index (χ0) is 15.4. The Bertz CT molecular complexity index is 530. The van der Waals surface area contributed by atoms with E-state index in [4.69, 9.17) is 0 Å². The predicted octanol–water partition coefficient (Wildman–Crippen LogP) is 1.48. The van der Waals surface area contributed by atoms with Gasteiger partial charge in [0.15, 0.2) is 0 Å². The SMILES string of the molecule is CCC1CN(C(=O)Cc2ccccc2C(=O)O)CCN1C. The summed E-state index contributed by atoms with van der Waals surface area (Å²) in [5.41, 5.74) is 0.800. The average molecular weight is 290 g/mol. The molecule has 1 atom stereocenters. The van der Waals surface area contributed by atoms with Crippen LogP contribution in [0.25, 0.3) is 0 Å². The topological polar surface area (TPSA) is 60.9 Å². The third-order valence-corrected chi connectivity index (χ3v) is 4.19. The molecule has 1 heterocycles. The van der Waals surface area contributed by atoms with Crippen molar-refractivity contribution in [3.8, 4) is 0 Å². The number of benzene rings is 1. The Morgan fingerprint density at radius 3 is 2.67 bits per heavy atom. The van der Waals surface area contributed by atoms with E-state index in [2.05, 4.69) is 18.9 Å². The number of aromatic carboxylic acids is 1. The van der Waals surface area contributed by atoms with Crippen LogP contribution in [0.3, 0.4) is 0 Å². The van der Waals surface area contributed by atoms with Gasteiger partial charge in [0.2, 0.25) is 5.91 Å². The van der Waals surface area contributed by atoms with Crippen molar-refractivity contribution in [3.63, 3.8) is 0 Å². The van der Waals surface area contributed by atoms with Gasteiger partial charge in [-0.05, 0) is 25.1 Å². The van der Waals surface area contributed by atoms with Crippen LogP contribution in [0.5, 0.6) is 0 Å². The first-order valence-electron chi connectivity index (χ1n) is 7.32. The molecule has 21 heavy (non-hydrogen) atoms. The summed E-state index contributed by atoms with van der Waals surface area (Å²) in [7, 11) is 2.08. The highest BCUT2D eigenvalue weighted by molar-refractivity contribution is 5.91. The lowest BCUT2D eigenvalue weighted by atomic mass is 10.0. The van der Waals surface area contributed by atoms with Crippen molar-refractivity contribution >= 4 is 11.9 Å². The van der Waals surface area contributed by atoms with Gasteiger partial charge < -0.3 is 10.0 Å². The van der Waals surface area contributed by atoms with Crippen LogP contribution < -0.4 is 0 Å². The zero-order valence-electron chi connectivity index (χ0n) is 12.6. The van der Waals surface area contributed by atoms with E-state index < -0.39 is 5.97 Å². The number of carboxylic acid groups (broad SMARTS) is 1. The Labute approximate surface area is 125 Å². The summed E-state index contributed by atoms with van der Waals surface area (Å²) in [5, 5.41) is 9.17. The molecule has 0 radical (unpaired) electrons. The van der Waals surface area contributed by atoms with Gasteiger partial charge in [0.1, 0.15) is 0 Å². The van der Waals surface area contributed by atoms with Crippen LogP contribution in [0.1, 0.15) is 29.3 Å². The molecular formula is C16H22N2O3. The number of carbonyl (C=O) groups is 2. The summed E-state index contributed by atoms with van der Waals surface area (Å²) in [5.74, 6) is -0.974. The summed E-state index contributed by atoms with van der Waals surface area (Å²) in [4.78, 5) is 27.7. The second kappa shape index (κ2) is 6.72. The maximum Gasteiger partial charge on any atom is 0.335 e. The second-order valence-electron chi connectivity index (χ2n) is 5.52. The molecule has 1 N–H and O–H groups in total. The number of amides is 1. The molecule has 1 aromatic carbocycles. The van der Waals surface area contributed by atoms with Gasteiger partial charge in [0, 0.05) is 25.7 Å². The predicted molar refractivity (Wildman–Crippen MR) is 80.4 cm³/mol. The lowest BCUT2D eigenvalue weighted by molar-refractivity contribution is -0.133. The largest absolute Gasteiger partial charge is 0.478 e. The van der Waals surface area contributed by atoms with E-state index in [0.29, 0.717) is 18.2 Å². The smallest absolute Gasteiger partial charge is 0.335 e. The number of nitrogens with zero attached hydrogens (tertiary/aromatic N) is 2. The summed E-state index contributed by atoms with van der Waals surface area (Å²) >= 11 is 0. The van der Waals surface area contributed by atoms with E-state index in [1.807, 2.05) is 4.90 Å². The Morgan fingerprint density at radius 2 is 2.00 bits per heavy atom. The molecular weight excluding hydrogens is 268 g/mol. The number of piperazine rings is 1. The molecule has 1 saturated heterocycles. The molecule has 1 unspecified atom stereocenters. The lowest BCUT2D eigenvalue weighted by Crippen LogP contribution is -2.53. The van der Waals surface area contributed by atoms with E-state index in [1.165, 1.54) is 0 Å². The second-order valence-corrected chi connectivity index (χ2v) is 5.52. The molecule has 0 aromatic heterocycles. The molecule has 0 bridgehead atoms. The normalized spacial score (nSPS) is 19.5. The molecule has 114 valence electrons. The first-order chi connectivity index (χ1) is 10.0. The standard InChI is InChI=1S/C16H22N2O3/c1-3-13-11-18(9-8-17(13)2)15(19)10-12-6-4-5-7-14(12)16(20)21/h4-7,13H,3,8-11H2,1-2H3,(H,20,21). The summed E-state index contributed by atoms with van der Waals surface area (Å²) in [6, 6.07) is 7.10. The first kappa shape index (κ1) is 15.5. The highest BCUT2D eigenvalue weighted by Crippen LogP contribution is 2.15. The number of hydrogen-bond donors (Lipinski definition) is 1. The van der Waals surface area contributed by atoms with E-state index in [-0.39, 0.29) is 17.9 Å². The Morgan fingerprint density at radius 1 is 1.29 bits per heavy atom. The Kier molecular flexibility index (Phi) is 4.96. The van der Waals surface area contributed by atoms with Gasteiger partial charge in [-0.15, -0.1) is 0 Å². The molecule has 1 amide bonds. The van der Waals surface area contributed by atoms with Crippen molar-refractivity contribution in [3.05, 3.63) is 35.4 Å². The molecule has 1 aliphatic rings. The van der Waals surface area contributed by atoms with Gasteiger partial charge in [-0.1, -0.05) is 25.1 Å². The van der Waals surface area contributed by atoms with E-state index >= 15 is 0 Å². The molecule has 0 aliphatic carbocycles. The number of carboxylic acids is 1. The summed E-state index contributed by atoms with van der Waals surface area (Å²) in [6.45, 7) is 4.42. The number of rotatable bonds is 4. The van der Waals surface area contributed by atoms with Crippen LogP contribution in [-0.4, -0.2) is 59.5 Å². The minimum absolute atomic E-state index is 0.00949. The molecule has 5 heteroatoms. The highest BCUT2D eigenvalue weighted by atomic mass is 16.4. The molecule has 0 saturated carbocycles. The summed E-state index contributed by atoms with van der Waals surface area (Å²) < 4.78 is 0. The molecule has 1 aliphatic heterocycles. The number of likely N-dealkylation sites (N-methyl/N-ethyl adjacent to an activating group) is 1. The molecule has 1 fully saturated rings. The Balaban J connectivity index is 2.07. The summed E-state index contributed by atoms with van der Waals surface area (Å²) in [6.07, 6.45) is 1.16. The van der Waals surface area contributed by atoms with Crippen molar-refractivity contribution in [1.29, 1.82) is 0 Å². The third-order valence-electron chi connectivity index (χ3n) is 4.19. The van der Waals surface area contributed by atoms with E-state index in [0.717, 1.165) is 19.5 Å². The van der Waals surface area contributed by atoms with Crippen LogP contribution in [0.4, 0.5) is 0 Å². The number of carbonyl (C=O) groups excluding carboxylic acids is 1. The van der Waals surface area contributed by atoms with Crippen molar-refractivity contribution in [2.24, 2.45) is 0 Å². The van der Waals surface area contributed by atoms with Crippen molar-refractivity contribution in [2.75, 3.05) is 26.7 Å². The van der Waals surface area contributed by atoms with Gasteiger partial charge in [-0.3, -0.25) is 9.69 Å². The minimum Gasteiger partial charge on any atom is -0.478 e. The quantitative estimate of drug-likeness (QED) is 0.912. The van der Waals surface area contributed by atoms with Gasteiger partial charge in [0.05, 0.1) is 12.0 Å². The van der Waals surface area contributed by atoms with Gasteiger partial charge in [-0.2, -0.15) is 0 Å². The maximum absolute atomic E-state index is 12.4. The van der Waals surface area contributed by atoms with Gasteiger partial charge >= 0.3 is 5.97 Å². The first-order valence-corrected chi connectivity index (χ1v) is 7.32. The monoisotopic (exact) mass is 290 g/mol. The maximum atomic E-state index is 12.4. The van der Waals surface area contributed by atoms with Crippen molar-refractivity contribution in [1.82, 2.24) is 9.80 Å². The number of hydrogen-bond acceptors (Lipinski definition) is 3. The highest BCUT2D eigenvalue weighted by Gasteiger charge is 2.26. The van der Waals surface area contributed by atoms with Crippen LogP contribution in [0.2, 0.25) is 0 Å². The molecule has 1 aromatic rings.